The number of pyridine rings is 1. The lowest BCUT2D eigenvalue weighted by Crippen LogP contribution is -2.38. The van der Waals surface area contributed by atoms with Gasteiger partial charge in [0, 0.05) is 11.1 Å². The molecule has 1 saturated heterocycles. The van der Waals surface area contributed by atoms with E-state index >= 15 is 0 Å². The summed E-state index contributed by atoms with van der Waals surface area (Å²) in [6.45, 7) is 0. The van der Waals surface area contributed by atoms with Crippen molar-refractivity contribution in [3.8, 4) is 0 Å². The lowest BCUT2D eigenvalue weighted by atomic mass is 10.2. The van der Waals surface area contributed by atoms with Crippen molar-refractivity contribution in [3.05, 3.63) is 30.3 Å². The second kappa shape index (κ2) is 6.64. The van der Waals surface area contributed by atoms with Gasteiger partial charge < -0.3 is 10.8 Å². The molecule has 2 aromatic rings. The zero-order valence-electron chi connectivity index (χ0n) is 13.0. The minimum absolute atomic E-state index is 0.0522. The number of carbonyl (C=O) groups is 4. The van der Waals surface area contributed by atoms with Crippen LogP contribution in [0.15, 0.2) is 30.3 Å². The molecule has 1 aromatic carbocycles. The summed E-state index contributed by atoms with van der Waals surface area (Å²) in [5.74, 6) is -2.02. The molecule has 1 unspecified atom stereocenters. The number of carbonyl (C=O) groups excluding carboxylic acids is 4. The smallest absolute Gasteiger partial charge is 0.399 e. The molecule has 0 bridgehead atoms. The molecule has 0 saturated carbocycles. The number of nitrogen functional groups attached to an aromatic ring is 1. The van der Waals surface area contributed by atoms with Crippen LogP contribution in [-0.4, -0.2) is 45.1 Å². The van der Waals surface area contributed by atoms with Crippen molar-refractivity contribution in [1.82, 2.24) is 9.88 Å². The summed E-state index contributed by atoms with van der Waals surface area (Å²) in [6.07, 6.45) is -4.92. The fourth-order valence-electron chi connectivity index (χ4n) is 2.26. The standard InChI is InChI=1S/C15H12N4O7/c16-8-2-3-9-7(5-8)1-4-11(17-9)18-14(23)25-26-15(24)19-12(21)6-10(20)13(19)22/h1-5,10,20H,6,16H2,(H,17,18,23). The van der Waals surface area contributed by atoms with Crippen molar-refractivity contribution in [3.63, 3.8) is 0 Å². The molecule has 4 amide bonds. The molecule has 1 fully saturated rings. The number of rotatable bonds is 1. The van der Waals surface area contributed by atoms with Crippen molar-refractivity contribution in [2.24, 2.45) is 0 Å². The molecule has 134 valence electrons. The van der Waals surface area contributed by atoms with Crippen LogP contribution in [0.4, 0.5) is 21.1 Å². The van der Waals surface area contributed by atoms with E-state index in [1.54, 1.807) is 24.3 Å². The number of nitrogens with zero attached hydrogens (tertiary/aromatic N) is 2. The molecule has 26 heavy (non-hydrogen) atoms. The predicted octanol–water partition coefficient (Wildman–Crippen LogP) is 0.537. The second-order valence-electron chi connectivity index (χ2n) is 5.28. The maximum Gasteiger partial charge on any atom is 0.466 e. The Morgan fingerprint density at radius 3 is 2.69 bits per heavy atom. The third-order valence-electron chi connectivity index (χ3n) is 3.44. The Bertz CT molecular complexity index is 929. The van der Waals surface area contributed by atoms with Crippen molar-refractivity contribution in [2.75, 3.05) is 11.1 Å². The van der Waals surface area contributed by atoms with Gasteiger partial charge in [-0.3, -0.25) is 14.9 Å². The molecule has 1 atom stereocenters. The van der Waals surface area contributed by atoms with Crippen molar-refractivity contribution in [1.29, 1.82) is 0 Å². The molecule has 1 aromatic heterocycles. The molecule has 0 aliphatic carbocycles. The highest BCUT2D eigenvalue weighted by Gasteiger charge is 2.43. The van der Waals surface area contributed by atoms with E-state index in [2.05, 4.69) is 20.1 Å². The fourth-order valence-corrected chi connectivity index (χ4v) is 2.26. The number of likely N-dealkylation sites (tertiary alicyclic amines) is 1. The zero-order chi connectivity index (χ0) is 18.8. The highest BCUT2D eigenvalue weighted by Crippen LogP contribution is 2.18. The van der Waals surface area contributed by atoms with Crippen LogP contribution in [-0.2, 0) is 19.4 Å². The average Bonchev–Trinajstić information content (AvgIpc) is 2.85. The number of fused-ring (bicyclic) bond motifs is 1. The monoisotopic (exact) mass is 360 g/mol. The lowest BCUT2D eigenvalue weighted by Gasteiger charge is -2.10. The number of hydrogen-bond donors (Lipinski definition) is 3. The van der Waals surface area contributed by atoms with Gasteiger partial charge in [0.15, 0.2) is 0 Å². The first-order chi connectivity index (χ1) is 12.3. The first-order valence-corrected chi connectivity index (χ1v) is 7.26. The van der Waals surface area contributed by atoms with Crippen LogP contribution in [0.1, 0.15) is 6.42 Å². The van der Waals surface area contributed by atoms with E-state index in [1.807, 2.05) is 0 Å². The van der Waals surface area contributed by atoms with Gasteiger partial charge in [0.2, 0.25) is 5.91 Å². The predicted molar refractivity (Wildman–Crippen MR) is 85.2 cm³/mol. The molecule has 1 aliphatic heterocycles. The quantitative estimate of drug-likeness (QED) is 0.285. The average molecular weight is 360 g/mol. The Kier molecular flexibility index (Phi) is 4.37. The number of benzene rings is 1. The number of aromatic nitrogens is 1. The van der Waals surface area contributed by atoms with Crippen LogP contribution in [0.3, 0.4) is 0 Å². The van der Waals surface area contributed by atoms with E-state index in [1.165, 1.54) is 6.07 Å². The van der Waals surface area contributed by atoms with Gasteiger partial charge in [-0.05, 0) is 30.3 Å². The van der Waals surface area contributed by atoms with Crippen LogP contribution in [0.25, 0.3) is 10.9 Å². The Hall–Kier alpha value is -3.73. The molecule has 4 N–H and O–H groups in total. The van der Waals surface area contributed by atoms with Gasteiger partial charge in [-0.2, -0.15) is 4.90 Å². The van der Waals surface area contributed by atoms with E-state index in [-0.39, 0.29) is 10.7 Å². The molecule has 1 aliphatic rings. The number of amides is 4. The number of aliphatic hydroxyl groups excluding tert-OH is 1. The Morgan fingerprint density at radius 2 is 2.00 bits per heavy atom. The van der Waals surface area contributed by atoms with E-state index in [0.29, 0.717) is 11.2 Å². The molecule has 11 nitrogen and oxygen atoms in total. The number of imide groups is 3. The largest absolute Gasteiger partial charge is 0.466 e. The van der Waals surface area contributed by atoms with Gasteiger partial charge in [-0.1, -0.05) is 0 Å². The summed E-state index contributed by atoms with van der Waals surface area (Å²) in [7, 11) is 0. The molecule has 3 rings (SSSR count). The van der Waals surface area contributed by atoms with Gasteiger partial charge in [0.1, 0.15) is 11.9 Å². The summed E-state index contributed by atoms with van der Waals surface area (Å²) in [6, 6.07) is 8.11. The van der Waals surface area contributed by atoms with Crippen LogP contribution >= 0.6 is 0 Å². The van der Waals surface area contributed by atoms with Crippen molar-refractivity contribution >= 4 is 46.4 Å². The number of nitrogens with one attached hydrogen (secondary N) is 1. The highest BCUT2D eigenvalue weighted by molar-refractivity contribution is 6.15. The van der Waals surface area contributed by atoms with Crippen LogP contribution in [0.5, 0.6) is 0 Å². The second-order valence-corrected chi connectivity index (χ2v) is 5.28. The van der Waals surface area contributed by atoms with Gasteiger partial charge in [-0.25, -0.2) is 24.3 Å². The molecular weight excluding hydrogens is 348 g/mol. The van der Waals surface area contributed by atoms with Crippen molar-refractivity contribution < 1.29 is 34.1 Å². The molecule has 0 radical (unpaired) electrons. The first-order valence-electron chi connectivity index (χ1n) is 7.26. The van der Waals surface area contributed by atoms with E-state index < -0.39 is 36.5 Å². The summed E-state index contributed by atoms with van der Waals surface area (Å²) < 4.78 is 0. The fraction of sp³-hybridized carbons (Fsp3) is 0.133. The molecular formula is C15H12N4O7. The number of hydrogen-bond acceptors (Lipinski definition) is 9. The number of aliphatic hydroxyl groups is 1. The Labute approximate surface area is 145 Å². The van der Waals surface area contributed by atoms with Crippen LogP contribution in [0, 0.1) is 0 Å². The molecule has 2 heterocycles. The zero-order valence-corrected chi connectivity index (χ0v) is 13.0. The normalized spacial score (nSPS) is 16.7. The minimum Gasteiger partial charge on any atom is -0.399 e. The maximum atomic E-state index is 11.6. The SMILES string of the molecule is Nc1ccc2nc(NC(=O)OOC(=O)N3C(=O)CC(O)C3=O)ccc2c1. The molecule has 0 spiro atoms. The van der Waals surface area contributed by atoms with Gasteiger partial charge in [0.05, 0.1) is 11.9 Å². The summed E-state index contributed by atoms with van der Waals surface area (Å²) in [5, 5.41) is 12.2. The summed E-state index contributed by atoms with van der Waals surface area (Å²) >= 11 is 0. The third-order valence-corrected chi connectivity index (χ3v) is 3.44. The van der Waals surface area contributed by atoms with E-state index in [4.69, 9.17) is 5.73 Å². The van der Waals surface area contributed by atoms with Gasteiger partial charge in [0.25, 0.3) is 5.91 Å². The summed E-state index contributed by atoms with van der Waals surface area (Å²) in [4.78, 5) is 58.6. The van der Waals surface area contributed by atoms with Gasteiger partial charge in [-0.15, -0.1) is 0 Å². The molecule has 11 heteroatoms. The van der Waals surface area contributed by atoms with E-state index in [9.17, 15) is 24.3 Å². The first kappa shape index (κ1) is 17.1. The summed E-state index contributed by atoms with van der Waals surface area (Å²) in [5.41, 5.74) is 6.77. The van der Waals surface area contributed by atoms with E-state index in [0.717, 1.165) is 5.39 Å². The number of nitrogens with two attached hydrogens (primary N) is 1. The highest BCUT2D eigenvalue weighted by atomic mass is 17.2. The van der Waals surface area contributed by atoms with Gasteiger partial charge >= 0.3 is 12.2 Å². The topological polar surface area (TPSA) is 161 Å². The van der Waals surface area contributed by atoms with Crippen molar-refractivity contribution in [2.45, 2.75) is 12.5 Å². The minimum atomic E-state index is -1.63. The van der Waals surface area contributed by atoms with Crippen LogP contribution in [0.2, 0.25) is 0 Å². The van der Waals surface area contributed by atoms with Crippen LogP contribution < -0.4 is 11.1 Å². The maximum absolute atomic E-state index is 11.6. The number of anilines is 2. The lowest BCUT2D eigenvalue weighted by molar-refractivity contribution is -0.186. The Morgan fingerprint density at radius 1 is 1.23 bits per heavy atom. The Balaban J connectivity index is 1.59. The third kappa shape index (κ3) is 3.37.